The lowest BCUT2D eigenvalue weighted by atomic mass is 9.91. The van der Waals surface area contributed by atoms with E-state index < -0.39 is 6.10 Å². The molecule has 1 aliphatic rings. The first kappa shape index (κ1) is 16.4. The summed E-state index contributed by atoms with van der Waals surface area (Å²) in [6.45, 7) is 2.11. The Morgan fingerprint density at radius 3 is 2.43 bits per heavy atom. The standard InChI is InChI=1S/C14H14Cl3NO3/c1-2-3-8-12(21-14(8)20)13(19)18-6-9-10(16)4-7(15)5-11(9)17/h4-5,8,12H,2-3,6H2,1H3,(H,18,19)/t8?,12-/m1/s1. The SMILES string of the molecule is CCCC1C(=O)O[C@H]1C(=O)NCc1c(Cl)cc(Cl)cc1Cl. The molecule has 2 rings (SSSR count). The van der Waals surface area contributed by atoms with Crippen LogP contribution in [0.4, 0.5) is 0 Å². The van der Waals surface area contributed by atoms with E-state index in [0.29, 0.717) is 27.1 Å². The minimum atomic E-state index is -0.720. The Morgan fingerprint density at radius 2 is 1.90 bits per heavy atom. The van der Waals surface area contributed by atoms with Gasteiger partial charge >= 0.3 is 5.97 Å². The van der Waals surface area contributed by atoms with Crippen LogP contribution in [0.5, 0.6) is 0 Å². The van der Waals surface area contributed by atoms with Crippen molar-refractivity contribution in [1.82, 2.24) is 5.32 Å². The number of nitrogens with one attached hydrogen (secondary N) is 1. The molecule has 1 heterocycles. The summed E-state index contributed by atoms with van der Waals surface area (Å²) in [5.41, 5.74) is 0.578. The number of halogens is 3. The molecule has 1 saturated heterocycles. The Morgan fingerprint density at radius 1 is 1.29 bits per heavy atom. The molecule has 0 saturated carbocycles. The molecular weight excluding hydrogens is 337 g/mol. The third-order valence-electron chi connectivity index (χ3n) is 3.31. The van der Waals surface area contributed by atoms with Gasteiger partial charge < -0.3 is 10.1 Å². The van der Waals surface area contributed by atoms with E-state index in [-0.39, 0.29) is 24.3 Å². The van der Waals surface area contributed by atoms with Crippen LogP contribution in [-0.4, -0.2) is 18.0 Å². The summed E-state index contributed by atoms with van der Waals surface area (Å²) in [4.78, 5) is 23.3. The predicted molar refractivity (Wildman–Crippen MR) is 81.6 cm³/mol. The average molecular weight is 351 g/mol. The van der Waals surface area contributed by atoms with Gasteiger partial charge in [-0.2, -0.15) is 0 Å². The smallest absolute Gasteiger partial charge is 0.314 e. The van der Waals surface area contributed by atoms with Gasteiger partial charge in [0.05, 0.1) is 0 Å². The number of carbonyl (C=O) groups is 2. The third-order valence-corrected chi connectivity index (χ3v) is 4.21. The van der Waals surface area contributed by atoms with E-state index in [2.05, 4.69) is 5.32 Å². The van der Waals surface area contributed by atoms with E-state index in [1.54, 1.807) is 12.1 Å². The number of hydrogen-bond donors (Lipinski definition) is 1. The van der Waals surface area contributed by atoms with Crippen molar-refractivity contribution < 1.29 is 14.3 Å². The fraction of sp³-hybridized carbons (Fsp3) is 0.429. The van der Waals surface area contributed by atoms with Gasteiger partial charge in [-0.25, -0.2) is 0 Å². The maximum absolute atomic E-state index is 12.0. The van der Waals surface area contributed by atoms with Gasteiger partial charge in [-0.1, -0.05) is 48.1 Å². The molecular formula is C14H14Cl3NO3. The second kappa shape index (κ2) is 6.86. The van der Waals surface area contributed by atoms with Crippen molar-refractivity contribution in [2.24, 2.45) is 5.92 Å². The molecule has 1 fully saturated rings. The zero-order valence-electron chi connectivity index (χ0n) is 11.3. The lowest BCUT2D eigenvalue weighted by Crippen LogP contribution is -2.53. The van der Waals surface area contributed by atoms with Crippen LogP contribution in [0.15, 0.2) is 12.1 Å². The van der Waals surface area contributed by atoms with E-state index in [9.17, 15) is 9.59 Å². The van der Waals surface area contributed by atoms with E-state index in [4.69, 9.17) is 39.5 Å². The second-order valence-corrected chi connectivity index (χ2v) is 6.07. The Balaban J connectivity index is 1.98. The first-order chi connectivity index (χ1) is 9.93. The largest absolute Gasteiger partial charge is 0.451 e. The van der Waals surface area contributed by atoms with Crippen LogP contribution in [-0.2, 0) is 20.9 Å². The lowest BCUT2D eigenvalue weighted by molar-refractivity contribution is -0.189. The Hall–Kier alpha value is -0.970. The van der Waals surface area contributed by atoms with Gasteiger partial charge in [0, 0.05) is 27.2 Å². The van der Waals surface area contributed by atoms with E-state index >= 15 is 0 Å². The molecule has 2 atom stereocenters. The average Bonchev–Trinajstić information content (AvgIpc) is 2.40. The van der Waals surface area contributed by atoms with Crippen molar-refractivity contribution in [2.45, 2.75) is 32.4 Å². The van der Waals surface area contributed by atoms with Crippen LogP contribution in [0, 0.1) is 5.92 Å². The molecule has 21 heavy (non-hydrogen) atoms. The Kier molecular flexibility index (Phi) is 5.36. The first-order valence-electron chi connectivity index (χ1n) is 6.55. The molecule has 1 aromatic carbocycles. The lowest BCUT2D eigenvalue weighted by Gasteiger charge is -2.33. The molecule has 1 N–H and O–H groups in total. The number of cyclic esters (lactones) is 1. The summed E-state index contributed by atoms with van der Waals surface area (Å²) in [6, 6.07) is 3.11. The van der Waals surface area contributed by atoms with Crippen LogP contribution in [0.1, 0.15) is 25.3 Å². The molecule has 1 amide bonds. The molecule has 1 unspecified atom stereocenters. The highest BCUT2D eigenvalue weighted by Crippen LogP contribution is 2.30. The minimum Gasteiger partial charge on any atom is -0.451 e. The van der Waals surface area contributed by atoms with E-state index in [0.717, 1.165) is 6.42 Å². The summed E-state index contributed by atoms with van der Waals surface area (Å²) < 4.78 is 4.90. The van der Waals surface area contributed by atoms with Gasteiger partial charge in [-0.3, -0.25) is 9.59 Å². The number of amides is 1. The third kappa shape index (κ3) is 3.62. The molecule has 4 nitrogen and oxygen atoms in total. The van der Waals surface area contributed by atoms with Gasteiger partial charge in [-0.15, -0.1) is 0 Å². The van der Waals surface area contributed by atoms with Gasteiger partial charge in [0.1, 0.15) is 5.92 Å². The summed E-state index contributed by atoms with van der Waals surface area (Å²) in [7, 11) is 0. The minimum absolute atomic E-state index is 0.153. The zero-order valence-corrected chi connectivity index (χ0v) is 13.6. The number of ether oxygens (including phenoxy) is 1. The van der Waals surface area contributed by atoms with E-state index in [1.165, 1.54) is 0 Å². The molecule has 0 radical (unpaired) electrons. The number of esters is 1. The molecule has 1 aromatic rings. The van der Waals surface area contributed by atoms with Crippen LogP contribution in [0.2, 0.25) is 15.1 Å². The van der Waals surface area contributed by atoms with Crippen molar-refractivity contribution in [3.8, 4) is 0 Å². The van der Waals surface area contributed by atoms with Gasteiger partial charge in [0.2, 0.25) is 0 Å². The van der Waals surface area contributed by atoms with Gasteiger partial charge in [-0.05, 0) is 18.6 Å². The summed E-state index contributed by atoms with van der Waals surface area (Å²) in [5, 5.41) is 3.87. The van der Waals surface area contributed by atoms with Gasteiger partial charge in [0.15, 0.2) is 6.10 Å². The van der Waals surface area contributed by atoms with Crippen molar-refractivity contribution in [2.75, 3.05) is 0 Å². The highest BCUT2D eigenvalue weighted by Gasteiger charge is 2.46. The monoisotopic (exact) mass is 349 g/mol. The van der Waals surface area contributed by atoms with Crippen LogP contribution >= 0.6 is 34.8 Å². The second-order valence-electron chi connectivity index (χ2n) is 4.82. The molecule has 7 heteroatoms. The number of benzene rings is 1. The van der Waals surface area contributed by atoms with E-state index in [1.807, 2.05) is 6.92 Å². The van der Waals surface area contributed by atoms with Crippen molar-refractivity contribution in [3.05, 3.63) is 32.8 Å². The highest BCUT2D eigenvalue weighted by atomic mass is 35.5. The van der Waals surface area contributed by atoms with Crippen LogP contribution < -0.4 is 5.32 Å². The quantitative estimate of drug-likeness (QED) is 0.825. The molecule has 114 valence electrons. The van der Waals surface area contributed by atoms with Gasteiger partial charge in [0.25, 0.3) is 5.91 Å². The maximum Gasteiger partial charge on any atom is 0.314 e. The topological polar surface area (TPSA) is 55.4 Å². The summed E-state index contributed by atoms with van der Waals surface area (Å²) >= 11 is 17.9. The Labute approximate surface area is 137 Å². The van der Waals surface area contributed by atoms with Crippen molar-refractivity contribution in [3.63, 3.8) is 0 Å². The highest BCUT2D eigenvalue weighted by molar-refractivity contribution is 6.39. The molecule has 0 aliphatic carbocycles. The zero-order chi connectivity index (χ0) is 15.6. The summed E-state index contributed by atoms with van der Waals surface area (Å²) in [5.74, 6) is -1.01. The first-order valence-corrected chi connectivity index (χ1v) is 7.69. The normalized spacial score (nSPS) is 20.7. The van der Waals surface area contributed by atoms with Crippen molar-refractivity contribution in [1.29, 1.82) is 0 Å². The number of hydrogen-bond acceptors (Lipinski definition) is 3. The molecule has 0 spiro atoms. The van der Waals surface area contributed by atoms with Crippen LogP contribution in [0.25, 0.3) is 0 Å². The molecule has 1 aliphatic heterocycles. The molecule has 0 aromatic heterocycles. The number of carbonyl (C=O) groups excluding carboxylic acids is 2. The van der Waals surface area contributed by atoms with Crippen molar-refractivity contribution >= 4 is 46.7 Å². The molecule has 0 bridgehead atoms. The Bertz CT molecular complexity index is 554. The fourth-order valence-corrected chi connectivity index (χ4v) is 3.13. The fourth-order valence-electron chi connectivity index (χ4n) is 2.18. The number of rotatable bonds is 5. The predicted octanol–water partition coefficient (Wildman–Crippen LogP) is 3.60. The summed E-state index contributed by atoms with van der Waals surface area (Å²) in [6.07, 6.45) is 0.736. The van der Waals surface area contributed by atoms with Crippen LogP contribution in [0.3, 0.4) is 0 Å². The maximum atomic E-state index is 12.0.